The number of carbonyl (C=O) groups excluding carboxylic acids is 1. The Bertz CT molecular complexity index is 873. The Balaban J connectivity index is 1.61. The molecule has 7 heteroatoms. The van der Waals surface area contributed by atoms with Crippen molar-refractivity contribution in [3.8, 4) is 11.5 Å². The van der Waals surface area contributed by atoms with Crippen molar-refractivity contribution in [2.75, 3.05) is 13.4 Å². The highest BCUT2D eigenvalue weighted by molar-refractivity contribution is 5.88. The van der Waals surface area contributed by atoms with Crippen LogP contribution in [0, 0.1) is 10.1 Å². The van der Waals surface area contributed by atoms with E-state index >= 15 is 0 Å². The lowest BCUT2D eigenvalue weighted by Crippen LogP contribution is -2.00. The second-order valence-corrected chi connectivity index (χ2v) is 5.30. The zero-order valence-electron chi connectivity index (χ0n) is 13.7. The number of rotatable bonds is 6. The Kier molecular flexibility index (Phi) is 5.28. The molecule has 0 saturated heterocycles. The van der Waals surface area contributed by atoms with Gasteiger partial charge < -0.3 is 14.2 Å². The molecule has 132 valence electrons. The van der Waals surface area contributed by atoms with Crippen LogP contribution in [0.15, 0.2) is 54.6 Å². The Morgan fingerprint density at radius 1 is 1.15 bits per heavy atom. The van der Waals surface area contributed by atoms with Crippen LogP contribution in [0.3, 0.4) is 0 Å². The first kappa shape index (κ1) is 17.2. The van der Waals surface area contributed by atoms with Gasteiger partial charge in [-0.2, -0.15) is 0 Å². The molecular formula is C19H15NO6. The van der Waals surface area contributed by atoms with E-state index in [9.17, 15) is 14.9 Å². The van der Waals surface area contributed by atoms with Crippen LogP contribution >= 0.6 is 0 Å². The summed E-state index contributed by atoms with van der Waals surface area (Å²) in [6.07, 6.45) is 6.01. The highest BCUT2D eigenvalue weighted by Gasteiger charge is 2.22. The molecule has 1 heterocycles. The summed E-state index contributed by atoms with van der Waals surface area (Å²) in [7, 11) is 0. The molecule has 0 bridgehead atoms. The normalized spacial score (nSPS) is 12.6. The fourth-order valence-corrected chi connectivity index (χ4v) is 2.32. The van der Waals surface area contributed by atoms with Gasteiger partial charge >= 0.3 is 5.97 Å². The first-order valence-corrected chi connectivity index (χ1v) is 7.78. The number of nitro benzene ring substituents is 1. The Morgan fingerprint density at radius 2 is 1.88 bits per heavy atom. The highest BCUT2D eigenvalue weighted by atomic mass is 16.7. The molecular weight excluding hydrogens is 338 g/mol. The maximum Gasteiger partial charge on any atom is 0.331 e. The van der Waals surface area contributed by atoms with Gasteiger partial charge in [-0.05, 0) is 23.8 Å². The maximum absolute atomic E-state index is 11.8. The van der Waals surface area contributed by atoms with E-state index in [-0.39, 0.29) is 24.7 Å². The number of benzene rings is 2. The predicted molar refractivity (Wildman–Crippen MR) is 94.7 cm³/mol. The molecule has 3 rings (SSSR count). The van der Waals surface area contributed by atoms with Crippen LogP contribution in [-0.4, -0.2) is 24.3 Å². The largest absolute Gasteiger partial charge is 0.458 e. The minimum atomic E-state index is -0.602. The molecule has 0 N–H and O–H groups in total. The molecule has 1 aliphatic rings. The quantitative estimate of drug-likeness (QED) is 0.341. The summed E-state index contributed by atoms with van der Waals surface area (Å²) in [5, 5.41) is 11.2. The smallest absolute Gasteiger partial charge is 0.331 e. The van der Waals surface area contributed by atoms with E-state index in [2.05, 4.69) is 0 Å². The number of ether oxygens (including phenoxy) is 3. The predicted octanol–water partition coefficient (Wildman–Crippen LogP) is 3.59. The molecule has 7 nitrogen and oxygen atoms in total. The van der Waals surface area contributed by atoms with Gasteiger partial charge in [-0.3, -0.25) is 10.1 Å². The minimum Gasteiger partial charge on any atom is -0.458 e. The van der Waals surface area contributed by atoms with Gasteiger partial charge in [-0.15, -0.1) is 0 Å². The second kappa shape index (κ2) is 7.98. The lowest BCUT2D eigenvalue weighted by Gasteiger charge is -2.01. The van der Waals surface area contributed by atoms with Crippen LogP contribution < -0.4 is 9.47 Å². The molecule has 0 radical (unpaired) electrons. The summed E-state index contributed by atoms with van der Waals surface area (Å²) >= 11 is 0. The van der Waals surface area contributed by atoms with E-state index in [4.69, 9.17) is 14.2 Å². The number of hydrogen-bond donors (Lipinski definition) is 0. The summed E-state index contributed by atoms with van der Waals surface area (Å²) in [4.78, 5) is 22.4. The van der Waals surface area contributed by atoms with E-state index in [0.717, 1.165) is 11.6 Å². The maximum atomic E-state index is 11.8. The van der Waals surface area contributed by atoms with Crippen LogP contribution in [-0.2, 0) is 9.53 Å². The summed E-state index contributed by atoms with van der Waals surface area (Å²) in [6, 6.07) is 12.3. The average molecular weight is 353 g/mol. The van der Waals surface area contributed by atoms with Gasteiger partial charge in [0, 0.05) is 6.08 Å². The van der Waals surface area contributed by atoms with E-state index in [1.807, 2.05) is 36.4 Å². The molecule has 2 aromatic rings. The highest BCUT2D eigenvalue weighted by Crippen LogP contribution is 2.38. The number of esters is 1. The van der Waals surface area contributed by atoms with Crippen molar-refractivity contribution in [3.05, 3.63) is 75.9 Å². The molecule has 0 saturated carbocycles. The van der Waals surface area contributed by atoms with Crippen molar-refractivity contribution in [1.82, 2.24) is 0 Å². The third kappa shape index (κ3) is 4.27. The van der Waals surface area contributed by atoms with Crippen molar-refractivity contribution in [2.45, 2.75) is 0 Å². The van der Waals surface area contributed by atoms with E-state index < -0.39 is 10.9 Å². The van der Waals surface area contributed by atoms with Gasteiger partial charge in [0.05, 0.1) is 16.6 Å². The van der Waals surface area contributed by atoms with Crippen molar-refractivity contribution >= 4 is 23.8 Å². The number of nitrogens with zero attached hydrogens (tertiary/aromatic N) is 1. The number of nitro groups is 1. The zero-order valence-corrected chi connectivity index (χ0v) is 13.7. The van der Waals surface area contributed by atoms with Gasteiger partial charge in [-0.25, -0.2) is 4.79 Å². The third-order valence-corrected chi connectivity index (χ3v) is 3.55. The second-order valence-electron chi connectivity index (χ2n) is 5.30. The molecule has 0 aromatic heterocycles. The van der Waals surface area contributed by atoms with E-state index in [0.29, 0.717) is 11.5 Å². The van der Waals surface area contributed by atoms with Crippen molar-refractivity contribution in [1.29, 1.82) is 0 Å². The number of hydrogen-bond acceptors (Lipinski definition) is 6. The summed E-state index contributed by atoms with van der Waals surface area (Å²) in [5.41, 5.74) is 1.05. The number of carbonyl (C=O) groups is 1. The van der Waals surface area contributed by atoms with Crippen LogP contribution in [0.5, 0.6) is 11.5 Å². The van der Waals surface area contributed by atoms with Crippen LogP contribution in [0.4, 0.5) is 5.69 Å². The zero-order chi connectivity index (χ0) is 18.4. The number of fused-ring (bicyclic) bond motifs is 1. The van der Waals surface area contributed by atoms with E-state index in [1.54, 1.807) is 6.08 Å². The molecule has 2 aromatic carbocycles. The van der Waals surface area contributed by atoms with Crippen LogP contribution in [0.2, 0.25) is 0 Å². The first-order valence-electron chi connectivity index (χ1n) is 7.78. The summed E-state index contributed by atoms with van der Waals surface area (Å²) in [5.74, 6) is 0.103. The van der Waals surface area contributed by atoms with Crippen molar-refractivity contribution < 1.29 is 23.9 Å². The molecule has 0 spiro atoms. The molecule has 0 amide bonds. The molecule has 0 aliphatic carbocycles. The van der Waals surface area contributed by atoms with Crippen LogP contribution in [0.25, 0.3) is 12.2 Å². The van der Waals surface area contributed by atoms with Gasteiger partial charge in [0.25, 0.3) is 5.69 Å². The van der Waals surface area contributed by atoms with Gasteiger partial charge in [0.1, 0.15) is 6.61 Å². The van der Waals surface area contributed by atoms with Crippen molar-refractivity contribution in [2.24, 2.45) is 0 Å². The topological polar surface area (TPSA) is 87.9 Å². The lowest BCUT2D eigenvalue weighted by molar-refractivity contribution is -0.385. The monoisotopic (exact) mass is 353 g/mol. The van der Waals surface area contributed by atoms with Crippen LogP contribution in [0.1, 0.15) is 11.1 Å². The Morgan fingerprint density at radius 3 is 2.62 bits per heavy atom. The molecule has 0 unspecified atom stereocenters. The SMILES string of the molecule is O=C(/C=C/c1cc2c(cc1[N+](=O)[O-])OCO2)OC/C=C/c1ccccc1. The lowest BCUT2D eigenvalue weighted by atomic mass is 10.1. The molecule has 0 fully saturated rings. The Hall–Kier alpha value is -3.61. The fraction of sp³-hybridized carbons (Fsp3) is 0.105. The summed E-state index contributed by atoms with van der Waals surface area (Å²) in [6.45, 7) is 0.108. The summed E-state index contributed by atoms with van der Waals surface area (Å²) < 4.78 is 15.4. The average Bonchev–Trinajstić information content (AvgIpc) is 3.11. The first-order chi connectivity index (χ1) is 12.6. The fourth-order valence-electron chi connectivity index (χ4n) is 2.32. The molecule has 0 atom stereocenters. The Labute approximate surface area is 149 Å². The standard InChI is InChI=1S/C19H15NO6/c21-19(24-10-4-7-14-5-2-1-3-6-14)9-8-15-11-17-18(26-13-25-17)12-16(15)20(22)23/h1-9,11-12H,10,13H2/b7-4+,9-8+. The van der Waals surface area contributed by atoms with Gasteiger partial charge in [0.2, 0.25) is 6.79 Å². The van der Waals surface area contributed by atoms with Gasteiger partial charge in [-0.1, -0.05) is 36.4 Å². The van der Waals surface area contributed by atoms with Crippen molar-refractivity contribution in [3.63, 3.8) is 0 Å². The third-order valence-electron chi connectivity index (χ3n) is 3.55. The minimum absolute atomic E-state index is 0.00937. The molecule has 1 aliphatic heterocycles. The van der Waals surface area contributed by atoms with E-state index in [1.165, 1.54) is 18.2 Å². The van der Waals surface area contributed by atoms with Gasteiger partial charge in [0.15, 0.2) is 11.5 Å². The molecule has 26 heavy (non-hydrogen) atoms.